The molecular formula is C24H28N2O2Se2. The van der Waals surface area contributed by atoms with E-state index in [1.807, 2.05) is 0 Å². The van der Waals surface area contributed by atoms with Crippen LogP contribution in [-0.2, 0) is 9.47 Å². The third kappa shape index (κ3) is 5.18. The normalized spacial score (nSPS) is 19.1. The van der Waals surface area contributed by atoms with Crippen molar-refractivity contribution in [1.82, 2.24) is 0 Å². The summed E-state index contributed by atoms with van der Waals surface area (Å²) in [6, 6.07) is 17.2. The van der Waals surface area contributed by atoms with E-state index < -0.39 is 0 Å². The van der Waals surface area contributed by atoms with Gasteiger partial charge in [-0.3, -0.25) is 0 Å². The molecule has 30 heavy (non-hydrogen) atoms. The zero-order valence-corrected chi connectivity index (χ0v) is 21.4. The summed E-state index contributed by atoms with van der Waals surface area (Å²) >= 11 is 0.796. The summed E-state index contributed by atoms with van der Waals surface area (Å²) in [4.78, 5) is 9.55. The van der Waals surface area contributed by atoms with Crippen molar-refractivity contribution in [3.05, 3.63) is 59.7 Å². The number of benzene rings is 2. The molecule has 4 rings (SSSR count). The summed E-state index contributed by atoms with van der Waals surface area (Å²) in [5, 5.41) is 2.40. The molecule has 2 aromatic carbocycles. The molecule has 6 heteroatoms. The topological polar surface area (TPSA) is 43.2 Å². The quantitative estimate of drug-likeness (QED) is 0.405. The first-order valence-corrected chi connectivity index (χ1v) is 14.4. The zero-order chi connectivity index (χ0) is 21.2. The van der Waals surface area contributed by atoms with E-state index in [4.69, 9.17) is 19.5 Å². The Labute approximate surface area is 191 Å². The molecule has 0 spiro atoms. The third-order valence-electron chi connectivity index (χ3n) is 4.77. The van der Waals surface area contributed by atoms with E-state index in [0.717, 1.165) is 11.8 Å². The van der Waals surface area contributed by atoms with Crippen LogP contribution < -0.4 is 8.92 Å². The number of hydrogen-bond donors (Lipinski definition) is 0. The fraction of sp³-hybridized carbons (Fsp3) is 0.417. The van der Waals surface area contributed by atoms with Crippen LogP contribution in [0.5, 0.6) is 0 Å². The second kappa shape index (κ2) is 8.88. The molecule has 2 heterocycles. The van der Waals surface area contributed by atoms with E-state index >= 15 is 0 Å². The second-order valence-electron chi connectivity index (χ2n) is 8.73. The number of hydrogen-bond acceptors (Lipinski definition) is 4. The molecule has 0 N–H and O–H groups in total. The van der Waals surface area contributed by atoms with E-state index in [-0.39, 0.29) is 11.1 Å². The van der Waals surface area contributed by atoms with Crippen LogP contribution in [0.4, 0.5) is 0 Å². The minimum absolute atomic E-state index is 0.123. The van der Waals surface area contributed by atoms with Crippen molar-refractivity contribution in [3.63, 3.8) is 0 Å². The van der Waals surface area contributed by atoms with Gasteiger partial charge in [0.05, 0.1) is 0 Å². The maximum absolute atomic E-state index is 5.90. The van der Waals surface area contributed by atoms with Crippen molar-refractivity contribution >= 4 is 50.6 Å². The predicted octanol–water partition coefficient (Wildman–Crippen LogP) is 2.99. The van der Waals surface area contributed by atoms with Crippen LogP contribution in [0.25, 0.3) is 0 Å². The number of aliphatic imine (C=N–C) groups is 2. The number of ether oxygens (including phenoxy) is 2. The van der Waals surface area contributed by atoms with Crippen molar-refractivity contribution in [2.75, 3.05) is 13.2 Å². The van der Waals surface area contributed by atoms with Gasteiger partial charge in [0.15, 0.2) is 0 Å². The molecule has 0 saturated carbocycles. The van der Waals surface area contributed by atoms with Crippen LogP contribution in [0, 0.1) is 0 Å². The predicted molar refractivity (Wildman–Crippen MR) is 126 cm³/mol. The molecule has 0 saturated heterocycles. The number of rotatable bonds is 7. The van der Waals surface area contributed by atoms with Gasteiger partial charge in [-0.05, 0) is 0 Å². The zero-order valence-electron chi connectivity index (χ0n) is 18.0. The van der Waals surface area contributed by atoms with Crippen molar-refractivity contribution in [3.8, 4) is 0 Å². The minimum atomic E-state index is -0.123. The molecule has 0 atom stereocenters. The standard InChI is InChI=1S/C24H28N2O2Se2/c1-23(2)15-27-21(25-23)17-9-5-7-11-19(17)29-13-14-30-20-12-8-6-10-18(20)22-26-24(3,4)16-28-22/h5-12H,13-16H2,1-4H3. The molecule has 2 aliphatic heterocycles. The molecular weight excluding hydrogens is 506 g/mol. The second-order valence-corrected chi connectivity index (χ2v) is 13.5. The first-order valence-electron chi connectivity index (χ1n) is 10.2. The molecule has 0 aliphatic carbocycles. The van der Waals surface area contributed by atoms with E-state index in [9.17, 15) is 0 Å². The van der Waals surface area contributed by atoms with Crippen LogP contribution in [0.2, 0.25) is 10.6 Å². The Balaban J connectivity index is 1.40. The average Bonchev–Trinajstić information content (AvgIpc) is 3.27. The molecule has 0 radical (unpaired) electrons. The van der Waals surface area contributed by atoms with Crippen LogP contribution in [0.15, 0.2) is 58.5 Å². The molecule has 0 bridgehead atoms. The van der Waals surface area contributed by atoms with Crippen molar-refractivity contribution in [2.45, 2.75) is 49.4 Å². The summed E-state index contributed by atoms with van der Waals surface area (Å²) in [6.45, 7) is 9.79. The Kier molecular flexibility index (Phi) is 6.41. The third-order valence-corrected chi connectivity index (χ3v) is 10.6. The van der Waals surface area contributed by atoms with Gasteiger partial charge in [-0.15, -0.1) is 0 Å². The summed E-state index contributed by atoms with van der Waals surface area (Å²) in [6.07, 6.45) is 0. The Hall–Kier alpha value is -1.58. The fourth-order valence-corrected chi connectivity index (χ4v) is 8.41. The summed E-state index contributed by atoms with van der Waals surface area (Å²) in [5.74, 6) is 1.62. The van der Waals surface area contributed by atoms with Gasteiger partial charge >= 0.3 is 192 Å². The van der Waals surface area contributed by atoms with Gasteiger partial charge in [-0.25, -0.2) is 0 Å². The summed E-state index contributed by atoms with van der Waals surface area (Å²) in [5.41, 5.74) is 2.10. The van der Waals surface area contributed by atoms with Gasteiger partial charge in [0.2, 0.25) is 0 Å². The van der Waals surface area contributed by atoms with E-state index in [1.165, 1.54) is 30.7 Å². The summed E-state index contributed by atoms with van der Waals surface area (Å²) in [7, 11) is 0. The van der Waals surface area contributed by atoms with Gasteiger partial charge < -0.3 is 0 Å². The molecule has 158 valence electrons. The average molecular weight is 534 g/mol. The Morgan fingerprint density at radius 1 is 0.700 bits per heavy atom. The fourth-order valence-electron chi connectivity index (χ4n) is 3.29. The van der Waals surface area contributed by atoms with E-state index in [1.54, 1.807) is 0 Å². The SMILES string of the molecule is CC1(C)COC(c2ccccc2[Se]CC[Se]c2ccccc2C2=NC(C)(C)CO2)=N1. The number of nitrogens with zero attached hydrogens (tertiary/aromatic N) is 2. The molecule has 0 aromatic heterocycles. The summed E-state index contributed by atoms with van der Waals surface area (Å²) < 4.78 is 14.6. The molecule has 2 aliphatic rings. The van der Waals surface area contributed by atoms with Gasteiger partial charge in [0.25, 0.3) is 0 Å². The van der Waals surface area contributed by atoms with Crippen LogP contribution in [-0.4, -0.2) is 66.0 Å². The molecule has 2 aromatic rings. The Morgan fingerprint density at radius 3 is 1.47 bits per heavy atom. The molecule has 0 fully saturated rings. The Morgan fingerprint density at radius 2 is 1.10 bits per heavy atom. The van der Waals surface area contributed by atoms with Gasteiger partial charge in [0.1, 0.15) is 0 Å². The molecule has 4 nitrogen and oxygen atoms in total. The molecule has 0 unspecified atom stereocenters. The van der Waals surface area contributed by atoms with Gasteiger partial charge in [0, 0.05) is 0 Å². The maximum atomic E-state index is 5.90. The first-order chi connectivity index (χ1) is 14.3. The van der Waals surface area contributed by atoms with E-state index in [0.29, 0.717) is 43.1 Å². The van der Waals surface area contributed by atoms with Crippen LogP contribution in [0.1, 0.15) is 38.8 Å². The van der Waals surface area contributed by atoms with Gasteiger partial charge in [-0.2, -0.15) is 0 Å². The first kappa shape index (κ1) is 21.6. The Bertz CT molecular complexity index is 903. The van der Waals surface area contributed by atoms with Crippen LogP contribution >= 0.6 is 0 Å². The monoisotopic (exact) mass is 536 g/mol. The van der Waals surface area contributed by atoms with Gasteiger partial charge in [-0.1, -0.05) is 0 Å². The van der Waals surface area contributed by atoms with Crippen molar-refractivity contribution < 1.29 is 9.47 Å². The van der Waals surface area contributed by atoms with Crippen LogP contribution in [0.3, 0.4) is 0 Å². The molecule has 0 amide bonds. The van der Waals surface area contributed by atoms with E-state index in [2.05, 4.69) is 76.2 Å². The van der Waals surface area contributed by atoms with Crippen molar-refractivity contribution in [2.24, 2.45) is 9.98 Å². The van der Waals surface area contributed by atoms with Crippen molar-refractivity contribution in [1.29, 1.82) is 0 Å².